The van der Waals surface area contributed by atoms with Crippen molar-refractivity contribution in [2.24, 2.45) is 0 Å². The molecule has 0 bridgehead atoms. The van der Waals surface area contributed by atoms with E-state index in [2.05, 4.69) is 5.32 Å². The molecule has 22 heavy (non-hydrogen) atoms. The van der Waals surface area contributed by atoms with Crippen molar-refractivity contribution in [3.8, 4) is 0 Å². The second kappa shape index (κ2) is 9.27. The lowest BCUT2D eigenvalue weighted by Gasteiger charge is -2.29. The number of urea groups is 1. The fraction of sp³-hybridized carbons (Fsp3) is 0.800. The summed E-state index contributed by atoms with van der Waals surface area (Å²) in [5.41, 5.74) is 0. The molecule has 1 rings (SSSR count). The Morgan fingerprint density at radius 2 is 1.73 bits per heavy atom. The van der Waals surface area contributed by atoms with Gasteiger partial charge in [0.1, 0.15) is 6.54 Å². The van der Waals surface area contributed by atoms with Crippen LogP contribution in [0.4, 0.5) is 4.79 Å². The Morgan fingerprint density at radius 3 is 2.23 bits per heavy atom. The summed E-state index contributed by atoms with van der Waals surface area (Å²) in [5.74, 6) is -0.999. The van der Waals surface area contributed by atoms with Gasteiger partial charge in [0, 0.05) is 25.7 Å². The van der Waals surface area contributed by atoms with E-state index in [1.54, 1.807) is 0 Å². The topological polar surface area (TPSA) is 90.0 Å². The third-order valence-electron chi connectivity index (χ3n) is 3.76. The molecule has 0 saturated carbocycles. The maximum Gasteiger partial charge on any atom is 0.318 e. The summed E-state index contributed by atoms with van der Waals surface area (Å²) in [7, 11) is 0. The Kier molecular flexibility index (Phi) is 7.70. The summed E-state index contributed by atoms with van der Waals surface area (Å²) in [5, 5.41) is 11.1. The van der Waals surface area contributed by atoms with Gasteiger partial charge in [-0.2, -0.15) is 0 Å². The van der Waals surface area contributed by atoms with Gasteiger partial charge < -0.3 is 20.2 Å². The molecular formula is C15H27N3O4. The molecule has 2 N–H and O–H groups in total. The molecule has 1 aliphatic rings. The van der Waals surface area contributed by atoms with E-state index in [9.17, 15) is 14.4 Å². The van der Waals surface area contributed by atoms with E-state index in [4.69, 9.17) is 5.11 Å². The lowest BCUT2D eigenvalue weighted by atomic mass is 10.2. The van der Waals surface area contributed by atoms with Crippen molar-refractivity contribution in [1.82, 2.24) is 15.1 Å². The Bertz CT molecular complexity index is 390. The molecule has 7 heteroatoms. The van der Waals surface area contributed by atoms with E-state index in [1.165, 1.54) is 4.90 Å². The predicted octanol–water partition coefficient (Wildman–Crippen LogP) is 1.28. The van der Waals surface area contributed by atoms with Crippen LogP contribution in [0.15, 0.2) is 0 Å². The fourth-order valence-corrected chi connectivity index (χ4v) is 2.43. The molecule has 1 heterocycles. The van der Waals surface area contributed by atoms with Gasteiger partial charge in [-0.15, -0.1) is 0 Å². The van der Waals surface area contributed by atoms with Crippen molar-refractivity contribution in [1.29, 1.82) is 0 Å². The first kappa shape index (κ1) is 18.3. The van der Waals surface area contributed by atoms with Gasteiger partial charge in [-0.05, 0) is 26.7 Å². The highest BCUT2D eigenvalue weighted by atomic mass is 16.4. The number of carboxylic acids is 1. The third kappa shape index (κ3) is 6.32. The van der Waals surface area contributed by atoms with Crippen LogP contribution in [0.25, 0.3) is 0 Å². The second-order valence-corrected chi connectivity index (χ2v) is 5.89. The lowest BCUT2D eigenvalue weighted by molar-refractivity contribution is -0.137. The van der Waals surface area contributed by atoms with Crippen LogP contribution in [-0.4, -0.2) is 65.0 Å². The average Bonchev–Trinajstić information content (AvgIpc) is 2.72. The highest BCUT2D eigenvalue weighted by Crippen LogP contribution is 2.11. The van der Waals surface area contributed by atoms with Crippen LogP contribution in [0.5, 0.6) is 0 Å². The number of amides is 3. The summed E-state index contributed by atoms with van der Waals surface area (Å²) in [4.78, 5) is 38.2. The molecule has 1 fully saturated rings. The fourth-order valence-electron chi connectivity index (χ4n) is 2.43. The van der Waals surface area contributed by atoms with Crippen molar-refractivity contribution in [2.45, 2.75) is 52.0 Å². The summed E-state index contributed by atoms with van der Waals surface area (Å²) in [6.45, 7) is 5.29. The van der Waals surface area contributed by atoms with Crippen molar-refractivity contribution in [3.63, 3.8) is 0 Å². The molecule has 0 spiro atoms. The highest BCUT2D eigenvalue weighted by molar-refractivity contribution is 5.84. The monoisotopic (exact) mass is 313 g/mol. The van der Waals surface area contributed by atoms with Crippen LogP contribution in [0.1, 0.15) is 46.0 Å². The molecule has 7 nitrogen and oxygen atoms in total. The van der Waals surface area contributed by atoms with Crippen LogP contribution < -0.4 is 5.32 Å². The first-order chi connectivity index (χ1) is 10.4. The van der Waals surface area contributed by atoms with Crippen LogP contribution >= 0.6 is 0 Å². The number of carboxylic acid groups (broad SMARTS) is 1. The molecule has 0 aromatic rings. The van der Waals surface area contributed by atoms with Crippen molar-refractivity contribution >= 4 is 17.9 Å². The molecule has 3 amide bonds. The number of nitrogens with zero attached hydrogens (tertiary/aromatic N) is 2. The smallest absolute Gasteiger partial charge is 0.318 e. The second-order valence-electron chi connectivity index (χ2n) is 5.89. The number of carbonyl (C=O) groups excluding carboxylic acids is 2. The molecule has 0 aromatic carbocycles. The van der Waals surface area contributed by atoms with E-state index in [-0.39, 0.29) is 37.5 Å². The van der Waals surface area contributed by atoms with Gasteiger partial charge in [-0.25, -0.2) is 4.79 Å². The average molecular weight is 313 g/mol. The highest BCUT2D eigenvalue weighted by Gasteiger charge is 2.23. The number of nitrogens with one attached hydrogen (secondary N) is 1. The van der Waals surface area contributed by atoms with Crippen molar-refractivity contribution < 1.29 is 19.5 Å². The maximum absolute atomic E-state index is 12.4. The van der Waals surface area contributed by atoms with Gasteiger partial charge in [-0.3, -0.25) is 9.59 Å². The van der Waals surface area contributed by atoms with Gasteiger partial charge >= 0.3 is 12.0 Å². The first-order valence-corrected chi connectivity index (χ1v) is 7.96. The Labute approximate surface area is 131 Å². The van der Waals surface area contributed by atoms with Crippen LogP contribution in [-0.2, 0) is 9.59 Å². The normalized spacial score (nSPS) is 15.3. The van der Waals surface area contributed by atoms with Gasteiger partial charge in [-0.1, -0.05) is 12.8 Å². The Hall–Kier alpha value is -1.79. The molecule has 1 aliphatic heterocycles. The molecular weight excluding hydrogens is 286 g/mol. The Balaban J connectivity index is 2.53. The molecule has 0 aromatic heterocycles. The number of carbonyl (C=O) groups is 3. The zero-order valence-corrected chi connectivity index (χ0v) is 13.5. The molecule has 0 atom stereocenters. The summed E-state index contributed by atoms with van der Waals surface area (Å²) in [6.07, 6.45) is 4.19. The van der Waals surface area contributed by atoms with E-state index < -0.39 is 5.97 Å². The minimum atomic E-state index is -0.961. The SMILES string of the molecule is CC(C)N(CC(=O)N1CCCCCC1)C(=O)NCCC(=O)O. The molecule has 0 radical (unpaired) electrons. The van der Waals surface area contributed by atoms with E-state index >= 15 is 0 Å². The molecule has 0 aliphatic carbocycles. The predicted molar refractivity (Wildman–Crippen MR) is 82.5 cm³/mol. The van der Waals surface area contributed by atoms with Gasteiger partial charge in [0.05, 0.1) is 6.42 Å². The quantitative estimate of drug-likeness (QED) is 0.773. The standard InChI is InChI=1S/C15H27N3O4/c1-12(2)18(15(22)16-8-7-14(20)21)11-13(19)17-9-5-3-4-6-10-17/h12H,3-11H2,1-2H3,(H,16,22)(H,20,21). The first-order valence-electron chi connectivity index (χ1n) is 7.96. The zero-order chi connectivity index (χ0) is 16.5. The number of hydrogen-bond donors (Lipinski definition) is 2. The van der Waals surface area contributed by atoms with Crippen molar-refractivity contribution in [3.05, 3.63) is 0 Å². The van der Waals surface area contributed by atoms with Crippen LogP contribution in [0.3, 0.4) is 0 Å². The minimum Gasteiger partial charge on any atom is -0.481 e. The van der Waals surface area contributed by atoms with E-state index in [0.717, 1.165) is 38.8 Å². The van der Waals surface area contributed by atoms with Gasteiger partial charge in [0.2, 0.25) is 5.91 Å². The lowest BCUT2D eigenvalue weighted by Crippen LogP contribution is -2.50. The van der Waals surface area contributed by atoms with Crippen LogP contribution in [0.2, 0.25) is 0 Å². The zero-order valence-electron chi connectivity index (χ0n) is 13.5. The van der Waals surface area contributed by atoms with Crippen molar-refractivity contribution in [2.75, 3.05) is 26.2 Å². The van der Waals surface area contributed by atoms with Gasteiger partial charge in [0.25, 0.3) is 0 Å². The van der Waals surface area contributed by atoms with E-state index in [1.807, 2.05) is 18.7 Å². The summed E-state index contributed by atoms with van der Waals surface area (Å²) < 4.78 is 0. The number of hydrogen-bond acceptors (Lipinski definition) is 3. The largest absolute Gasteiger partial charge is 0.481 e. The Morgan fingerprint density at radius 1 is 1.14 bits per heavy atom. The number of aliphatic carboxylic acids is 1. The number of likely N-dealkylation sites (tertiary alicyclic amines) is 1. The molecule has 126 valence electrons. The molecule has 0 unspecified atom stereocenters. The summed E-state index contributed by atoms with van der Waals surface area (Å²) >= 11 is 0. The third-order valence-corrected chi connectivity index (χ3v) is 3.76. The van der Waals surface area contributed by atoms with Gasteiger partial charge in [0.15, 0.2) is 0 Å². The number of rotatable bonds is 6. The van der Waals surface area contributed by atoms with Crippen LogP contribution in [0, 0.1) is 0 Å². The minimum absolute atomic E-state index is 0.0380. The maximum atomic E-state index is 12.4. The van der Waals surface area contributed by atoms with E-state index in [0.29, 0.717) is 0 Å². The summed E-state index contributed by atoms with van der Waals surface area (Å²) in [6, 6.07) is -0.514. The molecule has 1 saturated heterocycles.